The molecule has 0 saturated carbocycles. The van der Waals surface area contributed by atoms with Crippen molar-refractivity contribution in [3.8, 4) is 0 Å². The Kier molecular flexibility index (Phi) is 5.22. The maximum atomic E-state index is 10.8. The molecular formula is C12H23NO3. The average molecular weight is 229 g/mol. The van der Waals surface area contributed by atoms with E-state index in [2.05, 4.69) is 18.7 Å². The molecule has 1 aliphatic heterocycles. The third kappa shape index (κ3) is 4.10. The van der Waals surface area contributed by atoms with Crippen LogP contribution < -0.4 is 0 Å². The first-order valence-corrected chi connectivity index (χ1v) is 6.13. The molecule has 0 bridgehead atoms. The van der Waals surface area contributed by atoms with E-state index in [1.54, 1.807) is 6.92 Å². The van der Waals surface area contributed by atoms with E-state index in [0.29, 0.717) is 12.6 Å². The summed E-state index contributed by atoms with van der Waals surface area (Å²) in [5.74, 6) is -1.03. The van der Waals surface area contributed by atoms with E-state index in [9.17, 15) is 4.79 Å². The first kappa shape index (κ1) is 13.5. The van der Waals surface area contributed by atoms with E-state index in [-0.39, 0.29) is 12.0 Å². The van der Waals surface area contributed by atoms with Gasteiger partial charge in [-0.1, -0.05) is 13.8 Å². The lowest BCUT2D eigenvalue weighted by molar-refractivity contribution is -0.141. The Balaban J connectivity index is 2.34. The van der Waals surface area contributed by atoms with Crippen LogP contribution in [0.2, 0.25) is 0 Å². The largest absolute Gasteiger partial charge is 0.481 e. The normalized spacial score (nSPS) is 27.2. The van der Waals surface area contributed by atoms with Crippen LogP contribution in [0.1, 0.15) is 33.6 Å². The Morgan fingerprint density at radius 1 is 1.56 bits per heavy atom. The van der Waals surface area contributed by atoms with Gasteiger partial charge in [0.05, 0.1) is 18.1 Å². The van der Waals surface area contributed by atoms with Gasteiger partial charge in [-0.25, -0.2) is 0 Å². The molecule has 1 fully saturated rings. The van der Waals surface area contributed by atoms with Crippen LogP contribution in [0.5, 0.6) is 0 Å². The molecule has 1 heterocycles. The van der Waals surface area contributed by atoms with Gasteiger partial charge in [0.15, 0.2) is 0 Å². The number of likely N-dealkylation sites (N-methyl/N-ethyl adjacent to an activating group) is 1. The van der Waals surface area contributed by atoms with Crippen LogP contribution >= 0.6 is 0 Å². The summed E-state index contributed by atoms with van der Waals surface area (Å²) in [6, 6.07) is 0. The Morgan fingerprint density at radius 2 is 2.25 bits per heavy atom. The van der Waals surface area contributed by atoms with E-state index < -0.39 is 5.97 Å². The number of carboxylic acids is 1. The minimum absolute atomic E-state index is 0.288. The number of nitrogens with zero attached hydrogens (tertiary/aromatic N) is 1. The number of carbonyl (C=O) groups is 1. The van der Waals surface area contributed by atoms with Crippen molar-refractivity contribution in [3.63, 3.8) is 0 Å². The molecule has 4 heteroatoms. The first-order valence-electron chi connectivity index (χ1n) is 6.13. The number of ether oxygens (including phenoxy) is 1. The SMILES string of the molecule is CCN(CC1CCC(C)O1)CC(C)C(=O)O. The second kappa shape index (κ2) is 6.21. The zero-order chi connectivity index (χ0) is 12.1. The zero-order valence-corrected chi connectivity index (χ0v) is 10.5. The lowest BCUT2D eigenvalue weighted by atomic mass is 10.1. The number of rotatable bonds is 6. The Labute approximate surface area is 97.6 Å². The summed E-state index contributed by atoms with van der Waals surface area (Å²) in [6.07, 6.45) is 2.87. The monoisotopic (exact) mass is 229 g/mol. The molecule has 1 rings (SSSR count). The summed E-state index contributed by atoms with van der Waals surface area (Å²) >= 11 is 0. The van der Waals surface area contributed by atoms with Gasteiger partial charge in [-0.05, 0) is 26.3 Å². The Hall–Kier alpha value is -0.610. The van der Waals surface area contributed by atoms with Crippen LogP contribution in [-0.4, -0.2) is 47.8 Å². The molecule has 0 spiro atoms. The summed E-state index contributed by atoms with van der Waals surface area (Å²) in [4.78, 5) is 13.0. The maximum absolute atomic E-state index is 10.8. The topological polar surface area (TPSA) is 49.8 Å². The minimum atomic E-state index is -0.723. The highest BCUT2D eigenvalue weighted by atomic mass is 16.5. The highest BCUT2D eigenvalue weighted by Crippen LogP contribution is 2.20. The van der Waals surface area contributed by atoms with Crippen molar-refractivity contribution in [3.05, 3.63) is 0 Å². The van der Waals surface area contributed by atoms with Crippen LogP contribution in [-0.2, 0) is 9.53 Å². The molecule has 0 aromatic rings. The predicted molar refractivity (Wildman–Crippen MR) is 62.5 cm³/mol. The highest BCUT2D eigenvalue weighted by Gasteiger charge is 2.24. The summed E-state index contributed by atoms with van der Waals surface area (Å²) < 4.78 is 5.75. The fourth-order valence-corrected chi connectivity index (χ4v) is 2.11. The lowest BCUT2D eigenvalue weighted by Crippen LogP contribution is -2.37. The second-order valence-corrected chi connectivity index (χ2v) is 4.74. The van der Waals surface area contributed by atoms with E-state index in [0.717, 1.165) is 25.9 Å². The molecule has 0 radical (unpaired) electrons. The zero-order valence-electron chi connectivity index (χ0n) is 10.5. The smallest absolute Gasteiger partial charge is 0.307 e. The molecular weight excluding hydrogens is 206 g/mol. The van der Waals surface area contributed by atoms with Crippen LogP contribution in [0.4, 0.5) is 0 Å². The van der Waals surface area contributed by atoms with Crippen molar-refractivity contribution in [1.29, 1.82) is 0 Å². The predicted octanol–water partition coefficient (Wildman–Crippen LogP) is 1.60. The van der Waals surface area contributed by atoms with Gasteiger partial charge >= 0.3 is 5.97 Å². The van der Waals surface area contributed by atoms with Gasteiger partial charge in [-0.2, -0.15) is 0 Å². The fraction of sp³-hybridized carbons (Fsp3) is 0.917. The van der Waals surface area contributed by atoms with E-state index in [4.69, 9.17) is 9.84 Å². The Morgan fingerprint density at radius 3 is 2.69 bits per heavy atom. The molecule has 0 aromatic carbocycles. The molecule has 1 aliphatic rings. The van der Waals surface area contributed by atoms with Crippen LogP contribution in [0, 0.1) is 5.92 Å². The number of hydrogen-bond acceptors (Lipinski definition) is 3. The summed E-state index contributed by atoms with van der Waals surface area (Å²) in [7, 11) is 0. The van der Waals surface area contributed by atoms with Crippen molar-refractivity contribution in [2.24, 2.45) is 5.92 Å². The van der Waals surface area contributed by atoms with E-state index in [1.165, 1.54) is 0 Å². The van der Waals surface area contributed by atoms with Crippen molar-refractivity contribution in [2.75, 3.05) is 19.6 Å². The van der Waals surface area contributed by atoms with Gasteiger partial charge in [0, 0.05) is 13.1 Å². The summed E-state index contributed by atoms with van der Waals surface area (Å²) in [6.45, 7) is 8.26. The van der Waals surface area contributed by atoms with Gasteiger partial charge in [-0.3, -0.25) is 4.79 Å². The van der Waals surface area contributed by atoms with Crippen molar-refractivity contribution < 1.29 is 14.6 Å². The standard InChI is InChI=1S/C12H23NO3/c1-4-13(7-9(2)12(14)15)8-11-6-5-10(3)16-11/h9-11H,4-8H2,1-3H3,(H,14,15). The third-order valence-electron chi connectivity index (χ3n) is 3.18. The number of aliphatic carboxylic acids is 1. The number of carboxylic acid groups (broad SMARTS) is 1. The molecule has 4 nitrogen and oxygen atoms in total. The Bertz CT molecular complexity index is 232. The summed E-state index contributed by atoms with van der Waals surface area (Å²) in [5, 5.41) is 8.87. The highest BCUT2D eigenvalue weighted by molar-refractivity contribution is 5.69. The minimum Gasteiger partial charge on any atom is -0.481 e. The van der Waals surface area contributed by atoms with Gasteiger partial charge in [0.1, 0.15) is 0 Å². The van der Waals surface area contributed by atoms with Gasteiger partial charge in [0.25, 0.3) is 0 Å². The molecule has 3 atom stereocenters. The van der Waals surface area contributed by atoms with Crippen molar-refractivity contribution >= 4 is 5.97 Å². The maximum Gasteiger partial charge on any atom is 0.307 e. The summed E-state index contributed by atoms with van der Waals surface area (Å²) in [5.41, 5.74) is 0. The molecule has 3 unspecified atom stereocenters. The van der Waals surface area contributed by atoms with E-state index in [1.807, 2.05) is 0 Å². The van der Waals surface area contributed by atoms with Crippen LogP contribution in [0.15, 0.2) is 0 Å². The molecule has 94 valence electrons. The van der Waals surface area contributed by atoms with Crippen molar-refractivity contribution in [2.45, 2.75) is 45.8 Å². The molecule has 1 N–H and O–H groups in total. The number of hydrogen-bond donors (Lipinski definition) is 1. The van der Waals surface area contributed by atoms with Crippen LogP contribution in [0.3, 0.4) is 0 Å². The third-order valence-corrected chi connectivity index (χ3v) is 3.18. The average Bonchev–Trinajstić information content (AvgIpc) is 2.62. The van der Waals surface area contributed by atoms with Gasteiger partial charge < -0.3 is 14.7 Å². The van der Waals surface area contributed by atoms with Crippen LogP contribution in [0.25, 0.3) is 0 Å². The molecule has 1 saturated heterocycles. The molecule has 0 amide bonds. The fourth-order valence-electron chi connectivity index (χ4n) is 2.11. The van der Waals surface area contributed by atoms with Crippen molar-refractivity contribution in [1.82, 2.24) is 4.90 Å². The van der Waals surface area contributed by atoms with Gasteiger partial charge in [-0.15, -0.1) is 0 Å². The molecule has 0 aromatic heterocycles. The quantitative estimate of drug-likeness (QED) is 0.751. The molecule has 16 heavy (non-hydrogen) atoms. The molecule has 0 aliphatic carbocycles. The lowest BCUT2D eigenvalue weighted by Gasteiger charge is -2.25. The van der Waals surface area contributed by atoms with Gasteiger partial charge in [0.2, 0.25) is 0 Å². The first-order chi connectivity index (χ1) is 7.52. The van der Waals surface area contributed by atoms with E-state index >= 15 is 0 Å². The second-order valence-electron chi connectivity index (χ2n) is 4.74.